The van der Waals surface area contributed by atoms with Gasteiger partial charge in [0.2, 0.25) is 0 Å². The van der Waals surface area contributed by atoms with Crippen LogP contribution in [0.25, 0.3) is 11.4 Å². The Morgan fingerprint density at radius 1 is 1.04 bits per heavy atom. The van der Waals surface area contributed by atoms with Gasteiger partial charge in [-0.05, 0) is 30.9 Å². The number of nitrogens with zero attached hydrogens (tertiary/aromatic N) is 2. The highest BCUT2D eigenvalue weighted by Crippen LogP contribution is 2.40. The van der Waals surface area contributed by atoms with Gasteiger partial charge < -0.3 is 10.3 Å². The van der Waals surface area contributed by atoms with Crippen molar-refractivity contribution in [3.63, 3.8) is 0 Å². The molecule has 0 amide bonds. The molecule has 0 radical (unpaired) electrons. The van der Waals surface area contributed by atoms with Gasteiger partial charge in [-0.2, -0.15) is 0 Å². The second-order valence-corrected chi connectivity index (χ2v) is 6.67. The number of benzene rings is 1. The first-order valence-corrected chi connectivity index (χ1v) is 8.33. The van der Waals surface area contributed by atoms with Crippen molar-refractivity contribution in [1.29, 1.82) is 0 Å². The van der Waals surface area contributed by atoms with E-state index >= 15 is 0 Å². The molecular weight excluding hydrogens is 284 g/mol. The summed E-state index contributed by atoms with van der Waals surface area (Å²) in [6.07, 6.45) is 4.81. The summed E-state index contributed by atoms with van der Waals surface area (Å²) >= 11 is 0. The van der Waals surface area contributed by atoms with Gasteiger partial charge in [0, 0.05) is 24.2 Å². The Kier molecular flexibility index (Phi) is 3.62. The van der Waals surface area contributed by atoms with Crippen LogP contribution in [0.2, 0.25) is 0 Å². The maximum atomic E-state index is 4.67. The zero-order valence-electron chi connectivity index (χ0n) is 13.5. The maximum absolute atomic E-state index is 4.67. The second-order valence-electron chi connectivity index (χ2n) is 6.67. The van der Waals surface area contributed by atoms with Gasteiger partial charge in [-0.25, -0.2) is 4.98 Å². The number of fused-ring (bicyclic) bond motifs is 1. The minimum absolute atomic E-state index is 0.355. The van der Waals surface area contributed by atoms with Gasteiger partial charge >= 0.3 is 0 Å². The van der Waals surface area contributed by atoms with Crippen LogP contribution in [0.4, 0.5) is 0 Å². The van der Waals surface area contributed by atoms with Gasteiger partial charge in [0.1, 0.15) is 11.5 Å². The van der Waals surface area contributed by atoms with Gasteiger partial charge in [-0.1, -0.05) is 37.3 Å². The summed E-state index contributed by atoms with van der Waals surface area (Å²) in [5.41, 5.74) is 3.36. The lowest BCUT2D eigenvalue weighted by Crippen LogP contribution is -2.43. The summed E-state index contributed by atoms with van der Waals surface area (Å²) in [6.45, 7) is 4.58. The fourth-order valence-corrected chi connectivity index (χ4v) is 3.82. The Morgan fingerprint density at radius 3 is 2.70 bits per heavy atom. The molecular formula is C19H22N4. The number of nitrogens with one attached hydrogen (secondary N) is 2. The lowest BCUT2D eigenvalue weighted by molar-refractivity contribution is 0.216. The van der Waals surface area contributed by atoms with Crippen molar-refractivity contribution in [2.45, 2.75) is 38.3 Å². The van der Waals surface area contributed by atoms with Crippen molar-refractivity contribution < 1.29 is 0 Å². The van der Waals surface area contributed by atoms with E-state index in [-0.39, 0.29) is 0 Å². The number of H-pyrrole nitrogens is 1. The number of rotatable bonds is 2. The number of hydrogen-bond acceptors (Lipinski definition) is 3. The van der Waals surface area contributed by atoms with Gasteiger partial charge in [0.05, 0.1) is 11.9 Å². The molecule has 4 heteroatoms. The third-order valence-electron chi connectivity index (χ3n) is 5.06. The Balaban J connectivity index is 1.69. The van der Waals surface area contributed by atoms with E-state index in [4.69, 9.17) is 0 Å². The van der Waals surface area contributed by atoms with Crippen molar-refractivity contribution in [2.24, 2.45) is 5.92 Å². The van der Waals surface area contributed by atoms with E-state index < -0.39 is 0 Å². The predicted molar refractivity (Wildman–Crippen MR) is 91.3 cm³/mol. The van der Waals surface area contributed by atoms with Crippen LogP contribution < -0.4 is 5.32 Å². The topological polar surface area (TPSA) is 53.6 Å². The SMILES string of the molecule is CC1CC(c2ncc3nccc-3[nH]2)C(C)C(c2ccccc2)N1. The third kappa shape index (κ3) is 2.63. The highest BCUT2D eigenvalue weighted by molar-refractivity contribution is 5.54. The average Bonchev–Trinajstić information content (AvgIpc) is 3.05. The third-order valence-corrected chi connectivity index (χ3v) is 5.06. The van der Waals surface area contributed by atoms with Crippen LogP contribution in [-0.2, 0) is 0 Å². The van der Waals surface area contributed by atoms with Crippen molar-refractivity contribution in [3.05, 3.63) is 60.2 Å². The van der Waals surface area contributed by atoms with Gasteiger partial charge in [0.15, 0.2) is 0 Å². The molecule has 3 aliphatic heterocycles. The molecule has 0 saturated carbocycles. The average molecular weight is 306 g/mol. The van der Waals surface area contributed by atoms with E-state index in [9.17, 15) is 0 Å². The standard InChI is InChI=1S/C19H22N4/c1-12-10-15(19-21-11-17-16(23-19)8-9-20-17)13(2)18(22-12)14-6-4-3-5-7-14/h3-9,11-13,15,18,22H,10H2,1-2H3,(H,21,23). The molecule has 2 N–H and O–H groups in total. The van der Waals surface area contributed by atoms with Gasteiger partial charge in [-0.3, -0.25) is 4.98 Å². The number of hydrogen-bond donors (Lipinski definition) is 2. The highest BCUT2D eigenvalue weighted by atomic mass is 15.0. The molecule has 0 bridgehead atoms. The molecule has 0 aliphatic carbocycles. The molecule has 4 atom stereocenters. The molecule has 4 nitrogen and oxygen atoms in total. The number of aromatic amines is 1. The van der Waals surface area contributed by atoms with Gasteiger partial charge in [-0.15, -0.1) is 0 Å². The van der Waals surface area contributed by atoms with Crippen LogP contribution in [0.15, 0.2) is 48.8 Å². The first kappa shape index (κ1) is 14.4. The molecule has 3 heterocycles. The molecule has 118 valence electrons. The molecule has 1 aromatic carbocycles. The van der Waals surface area contributed by atoms with E-state index in [1.807, 2.05) is 18.5 Å². The van der Waals surface area contributed by atoms with E-state index in [0.29, 0.717) is 23.9 Å². The fraction of sp³-hybridized carbons (Fsp3) is 0.368. The summed E-state index contributed by atoms with van der Waals surface area (Å²) in [5.74, 6) is 1.96. The normalized spacial score (nSPS) is 28.1. The molecule has 23 heavy (non-hydrogen) atoms. The zero-order valence-corrected chi connectivity index (χ0v) is 13.5. The van der Waals surface area contributed by atoms with Gasteiger partial charge in [0.25, 0.3) is 0 Å². The first-order valence-electron chi connectivity index (χ1n) is 8.33. The molecule has 1 fully saturated rings. The van der Waals surface area contributed by atoms with Crippen LogP contribution in [0.1, 0.15) is 43.6 Å². The van der Waals surface area contributed by atoms with E-state index in [1.165, 1.54) is 5.56 Å². The summed E-state index contributed by atoms with van der Waals surface area (Å²) in [7, 11) is 0. The van der Waals surface area contributed by atoms with Crippen molar-refractivity contribution >= 4 is 0 Å². The quantitative estimate of drug-likeness (QED) is 0.758. The second kappa shape index (κ2) is 5.78. The minimum atomic E-state index is 0.355. The molecule has 0 spiro atoms. The Labute approximate surface area is 136 Å². The predicted octanol–water partition coefficient (Wildman–Crippen LogP) is 3.75. The summed E-state index contributed by atoms with van der Waals surface area (Å²) in [5, 5.41) is 3.76. The molecule has 3 aliphatic rings. The minimum Gasteiger partial charge on any atom is -0.342 e. The zero-order chi connectivity index (χ0) is 15.8. The summed E-state index contributed by atoms with van der Waals surface area (Å²) < 4.78 is 0. The van der Waals surface area contributed by atoms with Crippen LogP contribution in [0, 0.1) is 5.92 Å². The highest BCUT2D eigenvalue weighted by Gasteiger charge is 2.36. The van der Waals surface area contributed by atoms with Crippen molar-refractivity contribution in [3.8, 4) is 11.4 Å². The van der Waals surface area contributed by atoms with Crippen molar-refractivity contribution in [2.75, 3.05) is 0 Å². The van der Waals surface area contributed by atoms with Crippen LogP contribution in [0.5, 0.6) is 0 Å². The monoisotopic (exact) mass is 306 g/mol. The first-order chi connectivity index (χ1) is 11.2. The molecule has 1 saturated heterocycles. The molecule has 4 rings (SSSR count). The molecule has 4 unspecified atom stereocenters. The van der Waals surface area contributed by atoms with Crippen LogP contribution >= 0.6 is 0 Å². The smallest absolute Gasteiger partial charge is 0.110 e. The van der Waals surface area contributed by atoms with Crippen LogP contribution in [-0.4, -0.2) is 21.0 Å². The van der Waals surface area contributed by atoms with Crippen molar-refractivity contribution in [1.82, 2.24) is 20.3 Å². The number of aromatic nitrogens is 3. The Morgan fingerprint density at radius 2 is 1.87 bits per heavy atom. The van der Waals surface area contributed by atoms with E-state index in [0.717, 1.165) is 23.6 Å². The lowest BCUT2D eigenvalue weighted by Gasteiger charge is -2.40. The summed E-state index contributed by atoms with van der Waals surface area (Å²) in [4.78, 5) is 12.5. The lowest BCUT2D eigenvalue weighted by atomic mass is 9.76. The van der Waals surface area contributed by atoms with E-state index in [2.05, 4.69) is 64.4 Å². The summed E-state index contributed by atoms with van der Waals surface area (Å²) in [6, 6.07) is 13.6. The molecule has 0 aromatic heterocycles. The Bertz CT molecular complexity index is 751. The van der Waals surface area contributed by atoms with Crippen LogP contribution in [0.3, 0.4) is 0 Å². The largest absolute Gasteiger partial charge is 0.342 e. The maximum Gasteiger partial charge on any atom is 0.110 e. The molecule has 1 aromatic rings. The van der Waals surface area contributed by atoms with E-state index in [1.54, 1.807) is 0 Å². The fourth-order valence-electron chi connectivity index (χ4n) is 3.82. The number of piperidine rings is 1. The Hall–Kier alpha value is -2.20.